The highest BCUT2D eigenvalue weighted by Gasteiger charge is 2.07. The summed E-state index contributed by atoms with van der Waals surface area (Å²) in [5.74, 6) is 2.14. The van der Waals surface area contributed by atoms with Gasteiger partial charge in [0.05, 0.1) is 0 Å². The van der Waals surface area contributed by atoms with Crippen LogP contribution < -0.4 is 10.1 Å². The highest BCUT2D eigenvalue weighted by molar-refractivity contribution is 6.31. The van der Waals surface area contributed by atoms with Gasteiger partial charge in [-0.05, 0) is 54.8 Å². The summed E-state index contributed by atoms with van der Waals surface area (Å²) in [5.41, 5.74) is 3.46. The normalized spacial score (nSPS) is 11.0. The minimum Gasteiger partial charge on any atom is -0.457 e. The topological polar surface area (TPSA) is 21.3 Å². The van der Waals surface area contributed by atoms with Crippen LogP contribution in [0.3, 0.4) is 0 Å². The molecule has 2 nitrogen and oxygen atoms in total. The van der Waals surface area contributed by atoms with E-state index in [1.54, 1.807) is 0 Å². The number of rotatable bonds is 5. The summed E-state index contributed by atoms with van der Waals surface area (Å²) in [7, 11) is 1.90. The number of aryl methyl sites for hydroxylation is 1. The summed E-state index contributed by atoms with van der Waals surface area (Å²) in [4.78, 5) is 0. The average Bonchev–Trinajstić information content (AvgIpc) is 2.44. The molecule has 1 N–H and O–H groups in total. The van der Waals surface area contributed by atoms with Crippen LogP contribution in [0, 0.1) is 6.92 Å². The third-order valence-corrected chi connectivity index (χ3v) is 3.85. The molecule has 0 saturated carbocycles. The lowest BCUT2D eigenvalue weighted by atomic mass is 10.0. The first-order valence-electron chi connectivity index (χ1n) is 7.22. The highest BCUT2D eigenvalue weighted by Crippen LogP contribution is 2.31. The Balaban J connectivity index is 2.25. The van der Waals surface area contributed by atoms with Gasteiger partial charge in [-0.2, -0.15) is 0 Å². The number of benzene rings is 2. The summed E-state index contributed by atoms with van der Waals surface area (Å²) < 4.78 is 6.01. The molecule has 0 fully saturated rings. The number of hydrogen-bond acceptors (Lipinski definition) is 2. The molecule has 0 unspecified atom stereocenters. The Morgan fingerprint density at radius 1 is 1.14 bits per heavy atom. The van der Waals surface area contributed by atoms with Gasteiger partial charge in [0.2, 0.25) is 0 Å². The molecule has 3 heteroatoms. The molecule has 2 aromatic rings. The molecule has 2 aromatic carbocycles. The summed E-state index contributed by atoms with van der Waals surface area (Å²) in [6.45, 7) is 7.16. The molecule has 0 spiro atoms. The molecule has 0 amide bonds. The van der Waals surface area contributed by atoms with Crippen molar-refractivity contribution in [3.63, 3.8) is 0 Å². The van der Waals surface area contributed by atoms with Gasteiger partial charge in [0.25, 0.3) is 0 Å². The average molecular weight is 304 g/mol. The molecular weight excluding hydrogens is 282 g/mol. The van der Waals surface area contributed by atoms with Crippen LogP contribution >= 0.6 is 11.6 Å². The van der Waals surface area contributed by atoms with Crippen molar-refractivity contribution in [3.8, 4) is 11.5 Å². The van der Waals surface area contributed by atoms with E-state index in [0.29, 0.717) is 5.92 Å². The van der Waals surface area contributed by atoms with E-state index >= 15 is 0 Å². The maximum absolute atomic E-state index is 6.28. The van der Waals surface area contributed by atoms with E-state index in [9.17, 15) is 0 Å². The van der Waals surface area contributed by atoms with Gasteiger partial charge >= 0.3 is 0 Å². The van der Waals surface area contributed by atoms with E-state index in [4.69, 9.17) is 16.3 Å². The molecule has 0 bridgehead atoms. The predicted molar refractivity (Wildman–Crippen MR) is 89.6 cm³/mol. The van der Waals surface area contributed by atoms with Gasteiger partial charge in [0.1, 0.15) is 11.5 Å². The van der Waals surface area contributed by atoms with Gasteiger partial charge in [0.15, 0.2) is 0 Å². The van der Waals surface area contributed by atoms with Gasteiger partial charge < -0.3 is 10.1 Å². The number of ether oxygens (including phenoxy) is 1. The molecular formula is C18H22ClNO. The largest absolute Gasteiger partial charge is 0.457 e. The Labute approximate surface area is 132 Å². The van der Waals surface area contributed by atoms with Crippen molar-refractivity contribution in [1.82, 2.24) is 5.32 Å². The maximum Gasteiger partial charge on any atom is 0.130 e. The van der Waals surface area contributed by atoms with Crippen LogP contribution in [-0.2, 0) is 6.54 Å². The summed E-state index contributed by atoms with van der Waals surface area (Å²) in [6.07, 6.45) is 0. The predicted octanol–water partition coefficient (Wildman–Crippen LogP) is 5.28. The van der Waals surface area contributed by atoms with Gasteiger partial charge in [-0.3, -0.25) is 0 Å². The summed E-state index contributed by atoms with van der Waals surface area (Å²) in [5, 5.41) is 3.82. The zero-order valence-corrected chi connectivity index (χ0v) is 13.8. The van der Waals surface area contributed by atoms with Crippen molar-refractivity contribution >= 4 is 11.6 Å². The van der Waals surface area contributed by atoms with E-state index in [0.717, 1.165) is 34.2 Å². The van der Waals surface area contributed by atoms with E-state index in [1.807, 2.05) is 25.2 Å². The minimum absolute atomic E-state index is 0.481. The summed E-state index contributed by atoms with van der Waals surface area (Å²) in [6, 6.07) is 12.2. The molecule has 112 valence electrons. The van der Waals surface area contributed by atoms with Gasteiger partial charge in [-0.15, -0.1) is 0 Å². The van der Waals surface area contributed by atoms with Crippen molar-refractivity contribution < 1.29 is 4.74 Å². The van der Waals surface area contributed by atoms with Crippen LogP contribution in [0.15, 0.2) is 36.4 Å². The smallest absolute Gasteiger partial charge is 0.130 e. The second-order valence-corrected chi connectivity index (χ2v) is 5.97. The molecule has 0 aliphatic carbocycles. The standard InChI is InChI=1S/C18H22ClNO/c1-12(2)14-6-5-13(3)18(9-14)21-16-8-7-15(11-20-4)17(19)10-16/h5-10,12,20H,11H2,1-4H3. The lowest BCUT2D eigenvalue weighted by Gasteiger charge is -2.13. The molecule has 0 aromatic heterocycles. The Morgan fingerprint density at radius 3 is 2.52 bits per heavy atom. The van der Waals surface area contributed by atoms with Crippen LogP contribution in [0.25, 0.3) is 0 Å². The first kappa shape index (κ1) is 15.9. The Hall–Kier alpha value is -1.51. The van der Waals surface area contributed by atoms with Crippen molar-refractivity contribution in [2.75, 3.05) is 7.05 Å². The quantitative estimate of drug-likeness (QED) is 0.811. The van der Waals surface area contributed by atoms with Crippen molar-refractivity contribution in [2.24, 2.45) is 0 Å². The lowest BCUT2D eigenvalue weighted by molar-refractivity contribution is 0.477. The van der Waals surface area contributed by atoms with Crippen LogP contribution in [0.5, 0.6) is 11.5 Å². The van der Waals surface area contributed by atoms with Gasteiger partial charge in [0, 0.05) is 11.6 Å². The molecule has 0 atom stereocenters. The molecule has 21 heavy (non-hydrogen) atoms. The fraction of sp³-hybridized carbons (Fsp3) is 0.333. The molecule has 2 rings (SSSR count). The van der Waals surface area contributed by atoms with Gasteiger partial charge in [-0.25, -0.2) is 0 Å². The first-order chi connectivity index (χ1) is 10.0. The SMILES string of the molecule is CNCc1ccc(Oc2cc(C(C)C)ccc2C)cc1Cl. The molecule has 0 heterocycles. The van der Waals surface area contributed by atoms with Crippen LogP contribution in [0.1, 0.15) is 36.5 Å². The van der Waals surface area contributed by atoms with E-state index in [-0.39, 0.29) is 0 Å². The Kier molecular flexibility index (Phi) is 5.27. The molecule has 0 radical (unpaired) electrons. The maximum atomic E-state index is 6.28. The van der Waals surface area contributed by atoms with Crippen LogP contribution in [-0.4, -0.2) is 7.05 Å². The highest BCUT2D eigenvalue weighted by atomic mass is 35.5. The fourth-order valence-electron chi connectivity index (χ4n) is 2.14. The van der Waals surface area contributed by atoms with Crippen LogP contribution in [0.4, 0.5) is 0 Å². The number of halogens is 1. The van der Waals surface area contributed by atoms with E-state index < -0.39 is 0 Å². The first-order valence-corrected chi connectivity index (χ1v) is 7.60. The molecule has 0 aliphatic heterocycles. The van der Waals surface area contributed by atoms with Crippen molar-refractivity contribution in [2.45, 2.75) is 33.2 Å². The number of nitrogens with one attached hydrogen (secondary N) is 1. The van der Waals surface area contributed by atoms with Crippen molar-refractivity contribution in [1.29, 1.82) is 0 Å². The fourth-order valence-corrected chi connectivity index (χ4v) is 2.38. The second-order valence-electron chi connectivity index (χ2n) is 5.57. The Bertz CT molecular complexity index is 623. The van der Waals surface area contributed by atoms with Crippen molar-refractivity contribution in [3.05, 3.63) is 58.1 Å². The zero-order valence-electron chi connectivity index (χ0n) is 13.0. The monoisotopic (exact) mass is 303 g/mol. The van der Waals surface area contributed by atoms with Gasteiger partial charge in [-0.1, -0.05) is 43.6 Å². The van der Waals surface area contributed by atoms with E-state index in [2.05, 4.69) is 44.3 Å². The Morgan fingerprint density at radius 2 is 1.90 bits per heavy atom. The number of hydrogen-bond donors (Lipinski definition) is 1. The molecule has 0 saturated heterocycles. The van der Waals surface area contributed by atoms with Crippen LogP contribution in [0.2, 0.25) is 5.02 Å². The minimum atomic E-state index is 0.481. The van der Waals surface area contributed by atoms with E-state index in [1.165, 1.54) is 5.56 Å². The molecule has 0 aliphatic rings. The summed E-state index contributed by atoms with van der Waals surface area (Å²) >= 11 is 6.28. The lowest BCUT2D eigenvalue weighted by Crippen LogP contribution is -2.05. The third-order valence-electron chi connectivity index (χ3n) is 3.50. The third kappa shape index (κ3) is 3.99. The zero-order chi connectivity index (χ0) is 15.4. The second kappa shape index (κ2) is 6.97.